The van der Waals surface area contributed by atoms with Crippen molar-refractivity contribution in [2.45, 2.75) is 19.8 Å². The molecule has 0 radical (unpaired) electrons. The Morgan fingerprint density at radius 1 is 1.26 bits per heavy atom. The number of carbonyl (C=O) groups excluding carboxylic acids is 1. The summed E-state index contributed by atoms with van der Waals surface area (Å²) in [7, 11) is 0. The van der Waals surface area contributed by atoms with Crippen molar-refractivity contribution in [2.24, 2.45) is 0 Å². The molecule has 0 unspecified atom stereocenters. The van der Waals surface area contributed by atoms with E-state index >= 15 is 0 Å². The van der Waals surface area contributed by atoms with Crippen LogP contribution < -0.4 is 5.32 Å². The number of hydrogen-bond donors (Lipinski definition) is 1. The van der Waals surface area contributed by atoms with Crippen LogP contribution in [0.4, 0.5) is 10.8 Å². The minimum absolute atomic E-state index is 0.0143. The van der Waals surface area contributed by atoms with Gasteiger partial charge in [0.25, 0.3) is 11.6 Å². The molecule has 0 atom stereocenters. The van der Waals surface area contributed by atoms with Crippen LogP contribution in [-0.4, -0.2) is 15.8 Å². The zero-order valence-corrected chi connectivity index (χ0v) is 16.0. The number of thiazole rings is 1. The van der Waals surface area contributed by atoms with E-state index < -0.39 is 10.8 Å². The Bertz CT molecular complexity index is 986. The van der Waals surface area contributed by atoms with Gasteiger partial charge in [-0.1, -0.05) is 49.2 Å². The summed E-state index contributed by atoms with van der Waals surface area (Å²) in [5.74, 6) is -0.478. The number of nitro groups is 1. The maximum Gasteiger partial charge on any atom is 0.288 e. The number of nitro benzene ring substituents is 1. The van der Waals surface area contributed by atoms with Gasteiger partial charge in [0.1, 0.15) is 5.02 Å². The second-order valence-corrected chi connectivity index (χ2v) is 7.13. The largest absolute Gasteiger partial charge is 0.298 e. The molecule has 2 aromatic carbocycles. The number of aryl methyl sites for hydroxylation is 1. The number of amides is 1. The molecule has 0 saturated heterocycles. The number of rotatable bonds is 6. The van der Waals surface area contributed by atoms with Crippen LogP contribution in [0, 0.1) is 10.1 Å². The summed E-state index contributed by atoms with van der Waals surface area (Å²) >= 11 is 7.07. The van der Waals surface area contributed by atoms with E-state index in [-0.39, 0.29) is 16.3 Å². The predicted molar refractivity (Wildman–Crippen MR) is 108 cm³/mol. The molecule has 27 heavy (non-hydrogen) atoms. The highest BCUT2D eigenvalue weighted by atomic mass is 35.5. The van der Waals surface area contributed by atoms with Crippen molar-refractivity contribution >= 4 is 39.7 Å². The van der Waals surface area contributed by atoms with Gasteiger partial charge in [-0.05, 0) is 24.1 Å². The number of carbonyl (C=O) groups is 1. The fourth-order valence-electron chi connectivity index (χ4n) is 2.56. The van der Waals surface area contributed by atoms with Crippen LogP contribution >= 0.6 is 22.9 Å². The van der Waals surface area contributed by atoms with E-state index in [1.165, 1.54) is 29.0 Å². The van der Waals surface area contributed by atoms with Gasteiger partial charge in [0.15, 0.2) is 5.13 Å². The molecule has 0 aliphatic rings. The predicted octanol–water partition coefficient (Wildman–Crippen LogP) is 5.58. The molecular weight excluding hydrogens is 386 g/mol. The lowest BCUT2D eigenvalue weighted by molar-refractivity contribution is -0.384. The van der Waals surface area contributed by atoms with E-state index in [1.807, 2.05) is 17.5 Å². The van der Waals surface area contributed by atoms with Crippen LogP contribution in [0.1, 0.15) is 29.3 Å². The van der Waals surface area contributed by atoms with E-state index in [1.54, 1.807) is 0 Å². The SMILES string of the molecule is CCCc1ccc(-c2csc(NC(=O)c3ccc(Cl)c([N+](=O)[O-])c3)n2)cc1. The first-order valence-corrected chi connectivity index (χ1v) is 9.54. The number of nitrogens with zero attached hydrogens (tertiary/aromatic N) is 2. The lowest BCUT2D eigenvalue weighted by Crippen LogP contribution is -2.12. The molecule has 1 aromatic heterocycles. The van der Waals surface area contributed by atoms with Gasteiger partial charge in [0.2, 0.25) is 0 Å². The van der Waals surface area contributed by atoms with E-state index in [4.69, 9.17) is 11.6 Å². The topological polar surface area (TPSA) is 85.1 Å². The van der Waals surface area contributed by atoms with Crippen LogP contribution in [-0.2, 0) is 6.42 Å². The zero-order valence-electron chi connectivity index (χ0n) is 14.4. The first kappa shape index (κ1) is 19.0. The van der Waals surface area contributed by atoms with Gasteiger partial charge in [0.05, 0.1) is 10.6 Å². The van der Waals surface area contributed by atoms with Crippen LogP contribution in [0.25, 0.3) is 11.3 Å². The van der Waals surface area contributed by atoms with Gasteiger partial charge >= 0.3 is 0 Å². The molecule has 3 aromatic rings. The van der Waals surface area contributed by atoms with Crippen LogP contribution in [0.2, 0.25) is 5.02 Å². The van der Waals surface area contributed by atoms with E-state index in [2.05, 4.69) is 29.4 Å². The number of aromatic nitrogens is 1. The third-order valence-corrected chi connectivity index (χ3v) is 5.00. The molecule has 0 bridgehead atoms. The zero-order chi connectivity index (χ0) is 19.4. The van der Waals surface area contributed by atoms with Crippen molar-refractivity contribution in [3.8, 4) is 11.3 Å². The van der Waals surface area contributed by atoms with Crippen molar-refractivity contribution in [3.63, 3.8) is 0 Å². The van der Waals surface area contributed by atoms with Gasteiger partial charge in [-0.15, -0.1) is 11.3 Å². The molecule has 3 rings (SSSR count). The van der Waals surface area contributed by atoms with Gasteiger partial charge in [-0.2, -0.15) is 0 Å². The summed E-state index contributed by atoms with van der Waals surface area (Å²) < 4.78 is 0. The highest BCUT2D eigenvalue weighted by Gasteiger charge is 2.17. The smallest absolute Gasteiger partial charge is 0.288 e. The fourth-order valence-corrected chi connectivity index (χ4v) is 3.46. The summed E-state index contributed by atoms with van der Waals surface area (Å²) in [6.07, 6.45) is 2.13. The third kappa shape index (κ3) is 4.50. The molecule has 0 aliphatic carbocycles. The average molecular weight is 402 g/mol. The van der Waals surface area contributed by atoms with E-state index in [0.717, 1.165) is 30.2 Å². The second kappa shape index (κ2) is 8.28. The number of hydrogen-bond acceptors (Lipinski definition) is 5. The summed E-state index contributed by atoms with van der Waals surface area (Å²) in [6, 6.07) is 12.1. The quantitative estimate of drug-likeness (QED) is 0.431. The van der Waals surface area contributed by atoms with Crippen molar-refractivity contribution in [1.29, 1.82) is 0 Å². The fraction of sp³-hybridized carbons (Fsp3) is 0.158. The Hall–Kier alpha value is -2.77. The number of nitrogens with one attached hydrogen (secondary N) is 1. The Morgan fingerprint density at radius 3 is 2.67 bits per heavy atom. The van der Waals surface area contributed by atoms with E-state index in [9.17, 15) is 14.9 Å². The minimum Gasteiger partial charge on any atom is -0.298 e. The Labute approximate surface area is 165 Å². The Balaban J connectivity index is 1.74. The first-order valence-electron chi connectivity index (χ1n) is 8.28. The van der Waals surface area contributed by atoms with Gasteiger partial charge < -0.3 is 0 Å². The molecule has 0 saturated carbocycles. The average Bonchev–Trinajstić information content (AvgIpc) is 3.11. The summed E-state index contributed by atoms with van der Waals surface area (Å²) in [6.45, 7) is 2.14. The summed E-state index contributed by atoms with van der Waals surface area (Å²) in [4.78, 5) is 27.1. The molecule has 1 amide bonds. The van der Waals surface area contributed by atoms with Gasteiger partial charge in [0, 0.05) is 22.6 Å². The third-order valence-electron chi connectivity index (χ3n) is 3.92. The summed E-state index contributed by atoms with van der Waals surface area (Å²) in [5.41, 5.74) is 2.84. The lowest BCUT2D eigenvalue weighted by Gasteiger charge is -2.03. The van der Waals surface area contributed by atoms with Crippen molar-refractivity contribution < 1.29 is 9.72 Å². The maximum atomic E-state index is 12.4. The molecule has 0 fully saturated rings. The minimum atomic E-state index is -0.622. The molecule has 1 N–H and O–H groups in total. The van der Waals surface area contributed by atoms with Crippen molar-refractivity contribution in [2.75, 3.05) is 5.32 Å². The second-order valence-electron chi connectivity index (χ2n) is 5.86. The van der Waals surface area contributed by atoms with Crippen molar-refractivity contribution in [3.05, 3.63) is 74.1 Å². The molecule has 8 heteroatoms. The molecular formula is C19H16ClN3O3S. The summed E-state index contributed by atoms with van der Waals surface area (Å²) in [5, 5.41) is 15.9. The number of benzene rings is 2. The highest BCUT2D eigenvalue weighted by Crippen LogP contribution is 2.28. The number of anilines is 1. The van der Waals surface area contributed by atoms with Crippen LogP contribution in [0.3, 0.4) is 0 Å². The number of halogens is 1. The molecule has 0 aliphatic heterocycles. The first-order chi connectivity index (χ1) is 13.0. The van der Waals surface area contributed by atoms with E-state index in [0.29, 0.717) is 5.13 Å². The molecule has 6 nitrogen and oxygen atoms in total. The van der Waals surface area contributed by atoms with Gasteiger partial charge in [-0.25, -0.2) is 4.98 Å². The lowest BCUT2D eigenvalue weighted by atomic mass is 10.1. The Morgan fingerprint density at radius 2 is 2.00 bits per heavy atom. The molecule has 138 valence electrons. The Kier molecular flexibility index (Phi) is 5.83. The standard InChI is InChI=1S/C19H16ClN3O3S/c1-2-3-12-4-6-13(7-5-12)16-11-27-19(21-16)22-18(24)14-8-9-15(20)17(10-14)23(25)26/h4-11H,2-3H2,1H3,(H,21,22,24). The maximum absolute atomic E-state index is 12.4. The van der Waals surface area contributed by atoms with Gasteiger partial charge in [-0.3, -0.25) is 20.2 Å². The molecule has 0 spiro atoms. The highest BCUT2D eigenvalue weighted by molar-refractivity contribution is 7.14. The van der Waals surface area contributed by atoms with Crippen LogP contribution in [0.15, 0.2) is 47.8 Å². The van der Waals surface area contributed by atoms with Crippen LogP contribution in [0.5, 0.6) is 0 Å². The molecule has 1 heterocycles. The normalized spacial score (nSPS) is 10.6. The van der Waals surface area contributed by atoms with Crippen molar-refractivity contribution in [1.82, 2.24) is 4.98 Å². The monoisotopic (exact) mass is 401 g/mol.